The van der Waals surface area contributed by atoms with Crippen molar-refractivity contribution in [1.29, 1.82) is 0 Å². The van der Waals surface area contributed by atoms with Crippen molar-refractivity contribution in [2.24, 2.45) is 5.73 Å². The summed E-state index contributed by atoms with van der Waals surface area (Å²) >= 11 is 0. The third kappa shape index (κ3) is 3.45. The Kier molecular flexibility index (Phi) is 4.53. The van der Waals surface area contributed by atoms with Crippen molar-refractivity contribution in [2.45, 2.75) is 20.4 Å². The number of amides is 1. The van der Waals surface area contributed by atoms with Crippen LogP contribution in [0.15, 0.2) is 42.5 Å². The zero-order valence-corrected chi connectivity index (χ0v) is 11.9. The molecule has 3 heteroatoms. The van der Waals surface area contributed by atoms with Crippen LogP contribution in [-0.4, -0.2) is 12.5 Å². The molecule has 0 heterocycles. The van der Waals surface area contributed by atoms with E-state index in [9.17, 15) is 4.79 Å². The lowest BCUT2D eigenvalue weighted by molar-refractivity contribution is -0.117. The summed E-state index contributed by atoms with van der Waals surface area (Å²) in [7, 11) is 0. The monoisotopic (exact) mass is 268 g/mol. The molecule has 20 heavy (non-hydrogen) atoms. The summed E-state index contributed by atoms with van der Waals surface area (Å²) < 4.78 is 0. The van der Waals surface area contributed by atoms with Crippen LogP contribution in [-0.2, 0) is 11.3 Å². The zero-order valence-electron chi connectivity index (χ0n) is 11.9. The Balaban J connectivity index is 2.31. The van der Waals surface area contributed by atoms with Gasteiger partial charge in [-0.3, -0.25) is 4.79 Å². The number of aryl methyl sites for hydroxylation is 2. The van der Waals surface area contributed by atoms with E-state index in [1.54, 1.807) is 0 Å². The Morgan fingerprint density at radius 3 is 2.60 bits per heavy atom. The van der Waals surface area contributed by atoms with Gasteiger partial charge in [-0.05, 0) is 36.1 Å². The SMILES string of the molecule is Cc1ccc(C)c(-c2ccccc2CNCC(N)=O)c1. The maximum atomic E-state index is 10.8. The number of carbonyl (C=O) groups is 1. The van der Waals surface area contributed by atoms with E-state index in [0.29, 0.717) is 6.54 Å². The van der Waals surface area contributed by atoms with Crippen LogP contribution in [0.2, 0.25) is 0 Å². The predicted molar refractivity (Wildman–Crippen MR) is 82.3 cm³/mol. The largest absolute Gasteiger partial charge is 0.369 e. The van der Waals surface area contributed by atoms with Gasteiger partial charge >= 0.3 is 0 Å². The van der Waals surface area contributed by atoms with Crippen LogP contribution < -0.4 is 11.1 Å². The number of hydrogen-bond acceptors (Lipinski definition) is 2. The van der Waals surface area contributed by atoms with Crippen LogP contribution in [0.5, 0.6) is 0 Å². The second-order valence-corrected chi connectivity index (χ2v) is 5.05. The van der Waals surface area contributed by atoms with Gasteiger partial charge in [0.1, 0.15) is 0 Å². The fraction of sp³-hybridized carbons (Fsp3) is 0.235. The van der Waals surface area contributed by atoms with Gasteiger partial charge in [0.25, 0.3) is 0 Å². The summed E-state index contributed by atoms with van der Waals surface area (Å²) in [6.07, 6.45) is 0. The highest BCUT2D eigenvalue weighted by Crippen LogP contribution is 2.27. The van der Waals surface area contributed by atoms with Gasteiger partial charge in [0, 0.05) is 6.54 Å². The van der Waals surface area contributed by atoms with Crippen LogP contribution in [0.3, 0.4) is 0 Å². The standard InChI is InChI=1S/C17H20N2O/c1-12-7-8-13(2)16(9-12)15-6-4-3-5-14(15)10-19-11-17(18)20/h3-9,19H,10-11H2,1-2H3,(H2,18,20). The van der Waals surface area contributed by atoms with E-state index in [1.807, 2.05) is 12.1 Å². The fourth-order valence-electron chi connectivity index (χ4n) is 2.28. The van der Waals surface area contributed by atoms with Gasteiger partial charge < -0.3 is 11.1 Å². The summed E-state index contributed by atoms with van der Waals surface area (Å²) in [5.74, 6) is -0.339. The Morgan fingerprint density at radius 1 is 1.10 bits per heavy atom. The number of primary amides is 1. The van der Waals surface area contributed by atoms with E-state index in [2.05, 4.69) is 49.5 Å². The third-order valence-electron chi connectivity index (χ3n) is 3.32. The van der Waals surface area contributed by atoms with Crippen LogP contribution in [0.4, 0.5) is 0 Å². The second kappa shape index (κ2) is 6.35. The number of benzene rings is 2. The van der Waals surface area contributed by atoms with Crippen molar-refractivity contribution in [3.8, 4) is 11.1 Å². The van der Waals surface area contributed by atoms with Crippen LogP contribution in [0.25, 0.3) is 11.1 Å². The van der Waals surface area contributed by atoms with Gasteiger partial charge in [-0.25, -0.2) is 0 Å². The first-order chi connectivity index (χ1) is 9.58. The lowest BCUT2D eigenvalue weighted by Gasteiger charge is -2.13. The predicted octanol–water partition coefficient (Wildman–Crippen LogP) is 2.55. The number of carbonyl (C=O) groups excluding carboxylic acids is 1. The first kappa shape index (κ1) is 14.3. The van der Waals surface area contributed by atoms with Crippen LogP contribution in [0.1, 0.15) is 16.7 Å². The highest BCUT2D eigenvalue weighted by molar-refractivity contribution is 5.76. The summed E-state index contributed by atoms with van der Waals surface area (Å²) in [4.78, 5) is 10.8. The molecule has 0 unspecified atom stereocenters. The molecule has 0 aliphatic heterocycles. The van der Waals surface area contributed by atoms with Crippen molar-refractivity contribution in [3.63, 3.8) is 0 Å². The van der Waals surface area contributed by atoms with Crippen molar-refractivity contribution < 1.29 is 4.79 Å². The minimum Gasteiger partial charge on any atom is -0.369 e. The summed E-state index contributed by atoms with van der Waals surface area (Å²) in [6, 6.07) is 14.7. The highest BCUT2D eigenvalue weighted by Gasteiger charge is 2.07. The van der Waals surface area contributed by atoms with E-state index in [4.69, 9.17) is 5.73 Å². The minimum absolute atomic E-state index is 0.196. The Bertz CT molecular complexity index is 620. The molecule has 0 radical (unpaired) electrons. The molecule has 2 rings (SSSR count). The number of rotatable bonds is 5. The van der Waals surface area contributed by atoms with Gasteiger partial charge in [0.15, 0.2) is 0 Å². The normalized spacial score (nSPS) is 10.5. The highest BCUT2D eigenvalue weighted by atomic mass is 16.1. The first-order valence-electron chi connectivity index (χ1n) is 6.72. The van der Waals surface area contributed by atoms with Crippen molar-refractivity contribution in [2.75, 3.05) is 6.54 Å². The molecule has 2 aromatic rings. The zero-order chi connectivity index (χ0) is 14.5. The van der Waals surface area contributed by atoms with Crippen LogP contribution >= 0.6 is 0 Å². The topological polar surface area (TPSA) is 55.1 Å². The van der Waals surface area contributed by atoms with E-state index in [1.165, 1.54) is 27.8 Å². The van der Waals surface area contributed by atoms with E-state index in [0.717, 1.165) is 0 Å². The smallest absolute Gasteiger partial charge is 0.231 e. The van der Waals surface area contributed by atoms with E-state index >= 15 is 0 Å². The molecule has 0 aliphatic rings. The van der Waals surface area contributed by atoms with E-state index in [-0.39, 0.29) is 12.5 Å². The summed E-state index contributed by atoms with van der Waals surface area (Å²) in [5, 5.41) is 3.07. The van der Waals surface area contributed by atoms with Gasteiger partial charge in [0.2, 0.25) is 5.91 Å². The molecule has 0 fully saturated rings. The maximum Gasteiger partial charge on any atom is 0.231 e. The Labute approximate surface area is 119 Å². The molecule has 1 amide bonds. The maximum absolute atomic E-state index is 10.8. The molecule has 104 valence electrons. The number of nitrogens with two attached hydrogens (primary N) is 1. The third-order valence-corrected chi connectivity index (χ3v) is 3.32. The van der Waals surface area contributed by atoms with Gasteiger partial charge in [-0.2, -0.15) is 0 Å². The lowest BCUT2D eigenvalue weighted by atomic mass is 9.94. The fourth-order valence-corrected chi connectivity index (χ4v) is 2.28. The first-order valence-corrected chi connectivity index (χ1v) is 6.72. The van der Waals surface area contributed by atoms with Gasteiger partial charge in [-0.15, -0.1) is 0 Å². The van der Waals surface area contributed by atoms with Crippen molar-refractivity contribution >= 4 is 5.91 Å². The molecule has 0 atom stereocenters. The Hall–Kier alpha value is -2.13. The summed E-state index contributed by atoms with van der Waals surface area (Å²) in [5.41, 5.74) is 11.2. The molecular weight excluding hydrogens is 248 g/mol. The van der Waals surface area contributed by atoms with Crippen molar-refractivity contribution in [1.82, 2.24) is 5.32 Å². The van der Waals surface area contributed by atoms with E-state index < -0.39 is 0 Å². The van der Waals surface area contributed by atoms with Crippen LogP contribution in [0, 0.1) is 13.8 Å². The summed E-state index contributed by atoms with van der Waals surface area (Å²) in [6.45, 7) is 5.03. The van der Waals surface area contributed by atoms with Gasteiger partial charge in [-0.1, -0.05) is 48.0 Å². The average molecular weight is 268 g/mol. The number of nitrogens with one attached hydrogen (secondary N) is 1. The Morgan fingerprint density at radius 2 is 1.85 bits per heavy atom. The molecule has 0 aliphatic carbocycles. The second-order valence-electron chi connectivity index (χ2n) is 5.05. The molecule has 3 N–H and O–H groups in total. The number of hydrogen-bond donors (Lipinski definition) is 2. The molecule has 0 saturated carbocycles. The molecule has 3 nitrogen and oxygen atoms in total. The minimum atomic E-state index is -0.339. The lowest BCUT2D eigenvalue weighted by Crippen LogP contribution is -2.28. The molecule has 0 aromatic heterocycles. The molecule has 0 bridgehead atoms. The molecule has 2 aromatic carbocycles. The average Bonchev–Trinajstić information content (AvgIpc) is 2.42. The molecule has 0 spiro atoms. The quantitative estimate of drug-likeness (QED) is 0.875. The van der Waals surface area contributed by atoms with Crippen molar-refractivity contribution in [3.05, 3.63) is 59.2 Å². The molecule has 0 saturated heterocycles. The van der Waals surface area contributed by atoms with Gasteiger partial charge in [0.05, 0.1) is 6.54 Å². The molecular formula is C17H20N2O.